The van der Waals surface area contributed by atoms with Gasteiger partial charge in [-0.1, -0.05) is 58.4 Å². The van der Waals surface area contributed by atoms with Crippen molar-refractivity contribution in [3.05, 3.63) is 54.4 Å². The first kappa shape index (κ1) is 25.1. The Balaban J connectivity index is 1.56. The van der Waals surface area contributed by atoms with E-state index in [1.807, 2.05) is 36.7 Å². The molecule has 0 saturated heterocycles. The lowest BCUT2D eigenvalue weighted by molar-refractivity contribution is -0.140. The smallest absolute Gasteiger partial charge is 0.314 e. The molecule has 0 amide bonds. The van der Waals surface area contributed by atoms with Crippen molar-refractivity contribution in [3.8, 4) is 17.1 Å². The van der Waals surface area contributed by atoms with Gasteiger partial charge < -0.3 is 4.74 Å². The van der Waals surface area contributed by atoms with Gasteiger partial charge in [0.25, 0.3) is 0 Å². The van der Waals surface area contributed by atoms with E-state index < -0.39 is 0 Å². The third-order valence-corrected chi connectivity index (χ3v) is 6.90. The van der Waals surface area contributed by atoms with Crippen LogP contribution >= 0.6 is 0 Å². The van der Waals surface area contributed by atoms with E-state index in [0.717, 1.165) is 54.7 Å². The van der Waals surface area contributed by atoms with E-state index in [0.29, 0.717) is 18.0 Å². The van der Waals surface area contributed by atoms with E-state index in [1.54, 1.807) is 0 Å². The molecule has 0 spiro atoms. The van der Waals surface area contributed by atoms with Crippen LogP contribution in [-0.2, 0) is 17.6 Å². The summed E-state index contributed by atoms with van der Waals surface area (Å²) in [6.45, 7) is 8.22. The molecule has 1 aromatic heterocycles. The van der Waals surface area contributed by atoms with Crippen molar-refractivity contribution < 1.29 is 9.53 Å². The summed E-state index contributed by atoms with van der Waals surface area (Å²) in [5, 5.41) is 0. The van der Waals surface area contributed by atoms with Crippen molar-refractivity contribution >= 4 is 5.97 Å². The minimum atomic E-state index is -0.0852. The predicted octanol–water partition coefficient (Wildman–Crippen LogP) is 7.51. The lowest BCUT2D eigenvalue weighted by Crippen LogP contribution is -2.26. The first-order valence-electron chi connectivity index (χ1n) is 12.9. The number of rotatable bonds is 12. The summed E-state index contributed by atoms with van der Waals surface area (Å²) in [4.78, 5) is 21.9. The molecule has 0 atom stereocenters. The molecule has 2 aromatic rings. The molecule has 1 saturated carbocycles. The number of carbonyl (C=O) groups is 1. The molecule has 4 heteroatoms. The zero-order valence-corrected chi connectivity index (χ0v) is 20.5. The van der Waals surface area contributed by atoms with Crippen molar-refractivity contribution in [2.75, 3.05) is 0 Å². The maximum atomic E-state index is 12.9. The number of benzene rings is 1. The fourth-order valence-corrected chi connectivity index (χ4v) is 4.73. The van der Waals surface area contributed by atoms with Crippen LogP contribution < -0.4 is 4.74 Å². The number of esters is 1. The highest BCUT2D eigenvalue weighted by atomic mass is 16.5. The molecule has 0 unspecified atom stereocenters. The Morgan fingerprint density at radius 2 is 1.79 bits per heavy atom. The van der Waals surface area contributed by atoms with Crippen LogP contribution in [0.25, 0.3) is 11.4 Å². The summed E-state index contributed by atoms with van der Waals surface area (Å²) in [6.07, 6.45) is 19.3. The van der Waals surface area contributed by atoms with Gasteiger partial charge in [-0.25, -0.2) is 9.97 Å². The van der Waals surface area contributed by atoms with Crippen LogP contribution in [0.5, 0.6) is 5.75 Å². The lowest BCUT2D eigenvalue weighted by atomic mass is 9.79. The monoisotopic (exact) mass is 448 g/mol. The Morgan fingerprint density at radius 1 is 1.06 bits per heavy atom. The van der Waals surface area contributed by atoms with Gasteiger partial charge in [-0.15, -0.1) is 6.58 Å². The van der Waals surface area contributed by atoms with Gasteiger partial charge in [0.2, 0.25) is 0 Å². The molecule has 1 heterocycles. The number of unbranched alkanes of at least 4 members (excludes halogenated alkanes) is 4. The SMILES string of the molecule is C=CCc1cc(-c2ncc(CC)cn2)ccc1OC(=O)C1CCC(CCCCCCC)CC1. The standard InChI is InChI=1S/C29H40N2O2/c1-4-7-8-9-10-12-23-13-15-24(16-14-23)29(32)33-27-18-17-26(19-25(27)11-5-2)28-30-20-22(6-3)21-31-28/h5,17-21,23-24H,2,4,6-16H2,1,3H3. The maximum absolute atomic E-state index is 12.9. The number of nitrogens with zero attached hydrogens (tertiary/aromatic N) is 2. The molecule has 3 rings (SSSR count). The second kappa shape index (κ2) is 13.3. The van der Waals surface area contributed by atoms with Gasteiger partial charge in [0, 0.05) is 18.0 Å². The van der Waals surface area contributed by atoms with Crippen molar-refractivity contribution in [2.45, 2.75) is 90.9 Å². The average molecular weight is 449 g/mol. The molecule has 4 nitrogen and oxygen atoms in total. The zero-order chi connectivity index (χ0) is 23.5. The third kappa shape index (κ3) is 7.52. The van der Waals surface area contributed by atoms with E-state index in [-0.39, 0.29) is 11.9 Å². The second-order valence-corrected chi connectivity index (χ2v) is 9.43. The Kier molecular flexibility index (Phi) is 10.1. The summed E-state index contributed by atoms with van der Waals surface area (Å²) in [6, 6.07) is 5.83. The average Bonchev–Trinajstić information content (AvgIpc) is 2.85. The molecule has 1 aliphatic carbocycles. The summed E-state index contributed by atoms with van der Waals surface area (Å²) >= 11 is 0. The summed E-state index contributed by atoms with van der Waals surface area (Å²) in [7, 11) is 0. The summed E-state index contributed by atoms with van der Waals surface area (Å²) < 4.78 is 5.90. The van der Waals surface area contributed by atoms with Gasteiger partial charge >= 0.3 is 5.97 Å². The van der Waals surface area contributed by atoms with Gasteiger partial charge in [0.05, 0.1) is 5.92 Å². The van der Waals surface area contributed by atoms with Crippen LogP contribution in [0.3, 0.4) is 0 Å². The summed E-state index contributed by atoms with van der Waals surface area (Å²) in [5.41, 5.74) is 2.98. The molecule has 178 valence electrons. The molecule has 0 bridgehead atoms. The minimum Gasteiger partial charge on any atom is -0.426 e. The van der Waals surface area contributed by atoms with E-state index in [4.69, 9.17) is 4.74 Å². The molecule has 0 aliphatic heterocycles. The Hall–Kier alpha value is -2.49. The van der Waals surface area contributed by atoms with Crippen LogP contribution in [0.2, 0.25) is 0 Å². The van der Waals surface area contributed by atoms with Gasteiger partial charge in [-0.3, -0.25) is 4.79 Å². The normalized spacial score (nSPS) is 18.1. The van der Waals surface area contributed by atoms with Crippen LogP contribution in [0.1, 0.15) is 89.2 Å². The number of allylic oxidation sites excluding steroid dienone is 1. The first-order valence-corrected chi connectivity index (χ1v) is 12.9. The van der Waals surface area contributed by atoms with Crippen molar-refractivity contribution in [3.63, 3.8) is 0 Å². The fraction of sp³-hybridized carbons (Fsp3) is 0.552. The van der Waals surface area contributed by atoms with E-state index in [9.17, 15) is 4.79 Å². The molecule has 0 N–H and O–H groups in total. The molecular weight excluding hydrogens is 408 g/mol. The maximum Gasteiger partial charge on any atom is 0.314 e. The van der Waals surface area contributed by atoms with Crippen LogP contribution in [0, 0.1) is 11.8 Å². The lowest BCUT2D eigenvalue weighted by Gasteiger charge is -2.27. The number of aromatic nitrogens is 2. The van der Waals surface area contributed by atoms with Crippen molar-refractivity contribution in [2.24, 2.45) is 11.8 Å². The van der Waals surface area contributed by atoms with Crippen molar-refractivity contribution in [1.82, 2.24) is 9.97 Å². The van der Waals surface area contributed by atoms with Gasteiger partial charge in [-0.2, -0.15) is 0 Å². The number of hydrogen-bond acceptors (Lipinski definition) is 4. The van der Waals surface area contributed by atoms with E-state index >= 15 is 0 Å². The number of ether oxygens (including phenoxy) is 1. The third-order valence-electron chi connectivity index (χ3n) is 6.90. The van der Waals surface area contributed by atoms with Crippen LogP contribution in [0.4, 0.5) is 0 Å². The molecule has 1 aromatic carbocycles. The molecular formula is C29H40N2O2. The molecule has 1 fully saturated rings. The van der Waals surface area contributed by atoms with Gasteiger partial charge in [0.1, 0.15) is 5.75 Å². The zero-order valence-electron chi connectivity index (χ0n) is 20.5. The van der Waals surface area contributed by atoms with Crippen molar-refractivity contribution in [1.29, 1.82) is 0 Å². The van der Waals surface area contributed by atoms with Crippen LogP contribution in [-0.4, -0.2) is 15.9 Å². The molecule has 1 aliphatic rings. The number of aryl methyl sites for hydroxylation is 1. The highest BCUT2D eigenvalue weighted by Gasteiger charge is 2.28. The van der Waals surface area contributed by atoms with E-state index in [1.165, 1.54) is 38.5 Å². The topological polar surface area (TPSA) is 52.1 Å². The van der Waals surface area contributed by atoms with Gasteiger partial charge in [-0.05, 0) is 73.8 Å². The first-order chi connectivity index (χ1) is 16.1. The minimum absolute atomic E-state index is 0.0162. The largest absolute Gasteiger partial charge is 0.426 e. The highest BCUT2D eigenvalue weighted by Crippen LogP contribution is 2.34. The Labute approximate surface area is 199 Å². The molecule has 33 heavy (non-hydrogen) atoms. The number of carbonyl (C=O) groups excluding carboxylic acids is 1. The Bertz CT molecular complexity index is 883. The van der Waals surface area contributed by atoms with Gasteiger partial charge in [0.15, 0.2) is 5.82 Å². The quantitative estimate of drug-likeness (QED) is 0.146. The number of hydrogen-bond donors (Lipinski definition) is 0. The fourth-order valence-electron chi connectivity index (χ4n) is 4.73. The van der Waals surface area contributed by atoms with E-state index in [2.05, 4.69) is 30.4 Å². The highest BCUT2D eigenvalue weighted by molar-refractivity contribution is 5.76. The Morgan fingerprint density at radius 3 is 2.45 bits per heavy atom. The second-order valence-electron chi connectivity index (χ2n) is 9.43. The van der Waals surface area contributed by atoms with Crippen LogP contribution in [0.15, 0.2) is 43.2 Å². The predicted molar refractivity (Wildman–Crippen MR) is 135 cm³/mol. The summed E-state index contributed by atoms with van der Waals surface area (Å²) in [5.74, 6) is 2.03. The molecule has 0 radical (unpaired) electrons.